The number of thioether (sulfide) groups is 1. The molecule has 0 aliphatic carbocycles. The number of para-hydroxylation sites is 2. The summed E-state index contributed by atoms with van der Waals surface area (Å²) in [6.07, 6.45) is 2.06. The zero-order valence-electron chi connectivity index (χ0n) is 15.1. The smallest absolute Gasteiger partial charge is 0.234 e. The Balaban J connectivity index is 1.62. The van der Waals surface area contributed by atoms with E-state index in [2.05, 4.69) is 39.8 Å². The molecule has 0 radical (unpaired) electrons. The third kappa shape index (κ3) is 3.20. The molecule has 0 aliphatic heterocycles. The largest absolute Gasteiger partial charge is 0.383 e. The van der Waals surface area contributed by atoms with Crippen LogP contribution in [0, 0.1) is 13.8 Å². The molecule has 0 unspecified atom stereocenters. The van der Waals surface area contributed by atoms with E-state index in [0.717, 1.165) is 51.3 Å². The fourth-order valence-corrected chi connectivity index (χ4v) is 4.01. The molecule has 0 bridgehead atoms. The summed E-state index contributed by atoms with van der Waals surface area (Å²) in [5, 5.41) is 0.987. The molecule has 0 atom stereocenters. The fourth-order valence-electron chi connectivity index (χ4n) is 3.09. The topological polar surface area (TPSA) is 57.2 Å². The van der Waals surface area contributed by atoms with Crippen LogP contribution in [0.1, 0.15) is 17.1 Å². The van der Waals surface area contributed by atoms with Gasteiger partial charge in [0.1, 0.15) is 0 Å². The summed E-state index contributed by atoms with van der Waals surface area (Å²) in [4.78, 5) is 14.0. The summed E-state index contributed by atoms with van der Waals surface area (Å²) in [5.41, 5.74) is 5.27. The van der Waals surface area contributed by atoms with E-state index in [9.17, 15) is 0 Å². The van der Waals surface area contributed by atoms with Crippen molar-refractivity contribution in [2.45, 2.75) is 31.3 Å². The average Bonchev–Trinajstić information content (AvgIpc) is 3.19. The van der Waals surface area contributed by atoms with Crippen molar-refractivity contribution in [3.8, 4) is 0 Å². The van der Waals surface area contributed by atoms with Crippen LogP contribution in [0.15, 0.2) is 41.7 Å². The normalized spacial score (nSPS) is 11.7. The van der Waals surface area contributed by atoms with Crippen molar-refractivity contribution in [1.82, 2.24) is 23.9 Å². The lowest BCUT2D eigenvalue weighted by Gasteiger charge is -2.07. The molecule has 4 aromatic rings. The second-order valence-electron chi connectivity index (χ2n) is 6.26. The first-order valence-electron chi connectivity index (χ1n) is 8.55. The maximum atomic E-state index is 5.26. The number of ether oxygens (including phenoxy) is 1. The van der Waals surface area contributed by atoms with Crippen LogP contribution in [0.25, 0.3) is 16.8 Å². The highest BCUT2D eigenvalue weighted by molar-refractivity contribution is 7.98. The Labute approximate surface area is 156 Å². The molecule has 0 aliphatic rings. The SMILES string of the molecule is COCCn1c(SCc2cn3c(C)cc(C)nc3n2)nc2ccccc21. The van der Waals surface area contributed by atoms with E-state index < -0.39 is 0 Å². The number of aryl methyl sites for hydroxylation is 2. The lowest BCUT2D eigenvalue weighted by molar-refractivity contribution is 0.186. The molecule has 4 rings (SSSR count). The highest BCUT2D eigenvalue weighted by Crippen LogP contribution is 2.26. The number of imidazole rings is 2. The second-order valence-corrected chi connectivity index (χ2v) is 7.20. The predicted octanol–water partition coefficient (Wildman–Crippen LogP) is 3.63. The third-order valence-electron chi connectivity index (χ3n) is 4.30. The summed E-state index contributed by atoms with van der Waals surface area (Å²) >= 11 is 1.69. The van der Waals surface area contributed by atoms with Gasteiger partial charge in [-0.05, 0) is 32.0 Å². The Morgan fingerprint density at radius 2 is 1.96 bits per heavy atom. The molecule has 0 saturated heterocycles. The van der Waals surface area contributed by atoms with Gasteiger partial charge in [-0.2, -0.15) is 0 Å². The van der Waals surface area contributed by atoms with E-state index >= 15 is 0 Å². The van der Waals surface area contributed by atoms with Crippen molar-refractivity contribution >= 4 is 28.6 Å². The van der Waals surface area contributed by atoms with Crippen molar-refractivity contribution in [1.29, 1.82) is 0 Å². The lowest BCUT2D eigenvalue weighted by atomic mass is 10.3. The zero-order valence-corrected chi connectivity index (χ0v) is 16.0. The molecule has 6 nitrogen and oxygen atoms in total. The van der Waals surface area contributed by atoms with Gasteiger partial charge < -0.3 is 9.30 Å². The summed E-state index contributed by atoms with van der Waals surface area (Å²) in [5.74, 6) is 1.50. The molecule has 0 fully saturated rings. The van der Waals surface area contributed by atoms with Crippen molar-refractivity contribution in [3.63, 3.8) is 0 Å². The van der Waals surface area contributed by atoms with Crippen LogP contribution in [-0.4, -0.2) is 37.6 Å². The minimum Gasteiger partial charge on any atom is -0.383 e. The van der Waals surface area contributed by atoms with Gasteiger partial charge in [-0.3, -0.25) is 4.40 Å². The Bertz CT molecular complexity index is 1070. The molecule has 1 aromatic carbocycles. The monoisotopic (exact) mass is 367 g/mol. The molecule has 134 valence electrons. The van der Waals surface area contributed by atoms with Crippen LogP contribution < -0.4 is 0 Å². The van der Waals surface area contributed by atoms with Gasteiger partial charge in [0, 0.05) is 37.0 Å². The van der Waals surface area contributed by atoms with E-state index in [-0.39, 0.29) is 0 Å². The number of fused-ring (bicyclic) bond motifs is 2. The van der Waals surface area contributed by atoms with Gasteiger partial charge in [-0.1, -0.05) is 23.9 Å². The van der Waals surface area contributed by atoms with Gasteiger partial charge in [0.15, 0.2) is 5.16 Å². The maximum absolute atomic E-state index is 5.26. The second kappa shape index (κ2) is 7.09. The molecule has 0 N–H and O–H groups in total. The van der Waals surface area contributed by atoms with Crippen LogP contribution in [0.4, 0.5) is 0 Å². The van der Waals surface area contributed by atoms with E-state index in [0.29, 0.717) is 6.61 Å². The summed E-state index contributed by atoms with van der Waals surface area (Å²) in [6.45, 7) is 5.51. The molecule has 7 heteroatoms. The van der Waals surface area contributed by atoms with Gasteiger partial charge in [0.05, 0.1) is 23.3 Å². The van der Waals surface area contributed by atoms with Crippen LogP contribution in [0.5, 0.6) is 0 Å². The van der Waals surface area contributed by atoms with Gasteiger partial charge in [0.25, 0.3) is 0 Å². The zero-order chi connectivity index (χ0) is 18.1. The van der Waals surface area contributed by atoms with Crippen LogP contribution in [0.3, 0.4) is 0 Å². The molecule has 0 saturated carbocycles. The molecular weight excluding hydrogens is 346 g/mol. The van der Waals surface area contributed by atoms with Crippen LogP contribution in [0.2, 0.25) is 0 Å². The van der Waals surface area contributed by atoms with E-state index in [4.69, 9.17) is 9.72 Å². The minimum absolute atomic E-state index is 0.657. The molecular formula is C19H21N5OS. The predicted molar refractivity (Wildman–Crippen MR) is 104 cm³/mol. The molecule has 3 aromatic heterocycles. The van der Waals surface area contributed by atoms with Crippen molar-refractivity contribution < 1.29 is 4.74 Å². The average molecular weight is 367 g/mol. The third-order valence-corrected chi connectivity index (χ3v) is 5.31. The van der Waals surface area contributed by atoms with Crippen LogP contribution in [-0.2, 0) is 17.0 Å². The molecule has 3 heterocycles. The Kier molecular flexibility index (Phi) is 4.65. The maximum Gasteiger partial charge on any atom is 0.234 e. The number of aromatic nitrogens is 5. The lowest BCUT2D eigenvalue weighted by Crippen LogP contribution is -2.05. The first-order chi connectivity index (χ1) is 12.7. The minimum atomic E-state index is 0.657. The summed E-state index contributed by atoms with van der Waals surface area (Å²) < 4.78 is 9.52. The summed E-state index contributed by atoms with van der Waals surface area (Å²) in [6, 6.07) is 10.3. The first kappa shape index (κ1) is 17.1. The number of benzene rings is 1. The Morgan fingerprint density at radius 1 is 1.12 bits per heavy atom. The van der Waals surface area contributed by atoms with Crippen molar-refractivity contribution in [2.24, 2.45) is 0 Å². The number of hydrogen-bond acceptors (Lipinski definition) is 5. The van der Waals surface area contributed by atoms with Gasteiger partial charge >= 0.3 is 0 Å². The molecule has 0 spiro atoms. The van der Waals surface area contributed by atoms with Gasteiger partial charge in [-0.25, -0.2) is 15.0 Å². The molecule has 26 heavy (non-hydrogen) atoms. The van der Waals surface area contributed by atoms with Crippen LogP contribution >= 0.6 is 11.8 Å². The number of nitrogens with zero attached hydrogens (tertiary/aromatic N) is 5. The first-order valence-corrected chi connectivity index (χ1v) is 9.53. The van der Waals surface area contributed by atoms with E-state index in [1.165, 1.54) is 0 Å². The quantitative estimate of drug-likeness (QED) is 0.487. The summed E-state index contributed by atoms with van der Waals surface area (Å²) in [7, 11) is 1.72. The van der Waals surface area contributed by atoms with E-state index in [1.807, 2.05) is 29.5 Å². The number of hydrogen-bond donors (Lipinski definition) is 0. The molecule has 0 amide bonds. The Hall–Kier alpha value is -2.38. The number of rotatable bonds is 6. The Morgan fingerprint density at radius 3 is 2.81 bits per heavy atom. The standard InChI is InChI=1S/C19H21N5OS/c1-13-10-14(2)24-11-15(21-18(24)20-13)12-26-19-22-16-6-4-5-7-17(16)23(19)8-9-25-3/h4-7,10-11H,8-9,12H2,1-3H3. The van der Waals surface area contributed by atoms with Crippen molar-refractivity contribution in [3.05, 3.63) is 53.6 Å². The highest BCUT2D eigenvalue weighted by Gasteiger charge is 2.13. The van der Waals surface area contributed by atoms with E-state index in [1.54, 1.807) is 18.9 Å². The fraction of sp³-hybridized carbons (Fsp3) is 0.316. The highest BCUT2D eigenvalue weighted by atomic mass is 32.2. The number of methoxy groups -OCH3 is 1. The van der Waals surface area contributed by atoms with Crippen molar-refractivity contribution in [2.75, 3.05) is 13.7 Å². The van der Waals surface area contributed by atoms with Gasteiger partial charge in [-0.15, -0.1) is 0 Å². The van der Waals surface area contributed by atoms with Gasteiger partial charge in [0.2, 0.25) is 5.78 Å².